The first-order chi connectivity index (χ1) is 11.2. The normalized spacial score (nSPS) is 20.0. The quantitative estimate of drug-likeness (QED) is 0.857. The van der Waals surface area contributed by atoms with Crippen LogP contribution in [0.3, 0.4) is 0 Å². The van der Waals surface area contributed by atoms with E-state index in [4.69, 9.17) is 0 Å². The molecule has 0 saturated carbocycles. The third-order valence-corrected chi connectivity index (χ3v) is 5.28. The summed E-state index contributed by atoms with van der Waals surface area (Å²) in [5.41, 5.74) is 1.12. The standard InChI is InChI=1S/C17H23N3O2S/c21-16(11-20-13-23-12-17(20)22)18-15(10-19-8-4-5-9-19)14-6-2-1-3-7-14/h1-3,6-7,15H,4-5,8-13H2,(H,18,21). The number of hydrogen-bond donors (Lipinski definition) is 1. The lowest BCUT2D eigenvalue weighted by molar-refractivity contribution is -0.132. The Morgan fingerprint density at radius 3 is 2.61 bits per heavy atom. The van der Waals surface area contributed by atoms with Crippen molar-refractivity contribution in [3.05, 3.63) is 35.9 Å². The van der Waals surface area contributed by atoms with E-state index in [1.807, 2.05) is 18.2 Å². The summed E-state index contributed by atoms with van der Waals surface area (Å²) in [6.45, 7) is 3.19. The van der Waals surface area contributed by atoms with Crippen molar-refractivity contribution in [3.8, 4) is 0 Å². The summed E-state index contributed by atoms with van der Waals surface area (Å²) in [6.07, 6.45) is 2.46. The van der Waals surface area contributed by atoms with Crippen LogP contribution in [-0.4, -0.2) is 59.4 Å². The van der Waals surface area contributed by atoms with Gasteiger partial charge < -0.3 is 15.1 Å². The second-order valence-electron chi connectivity index (χ2n) is 6.11. The summed E-state index contributed by atoms with van der Waals surface area (Å²) < 4.78 is 0. The third-order valence-electron chi connectivity index (χ3n) is 4.34. The molecule has 1 unspecified atom stereocenters. The maximum absolute atomic E-state index is 12.4. The van der Waals surface area contributed by atoms with E-state index in [2.05, 4.69) is 22.3 Å². The van der Waals surface area contributed by atoms with Gasteiger partial charge in [-0.15, -0.1) is 11.8 Å². The molecule has 1 aromatic rings. The number of rotatable bonds is 6. The summed E-state index contributed by atoms with van der Waals surface area (Å²) in [6, 6.07) is 10.1. The van der Waals surface area contributed by atoms with Crippen LogP contribution in [0.15, 0.2) is 30.3 Å². The van der Waals surface area contributed by atoms with Crippen molar-refractivity contribution in [3.63, 3.8) is 0 Å². The number of likely N-dealkylation sites (tertiary alicyclic amines) is 1. The highest BCUT2D eigenvalue weighted by Crippen LogP contribution is 2.18. The van der Waals surface area contributed by atoms with Crippen molar-refractivity contribution in [2.24, 2.45) is 0 Å². The average molecular weight is 333 g/mol. The number of carbonyl (C=O) groups is 2. The zero-order valence-electron chi connectivity index (χ0n) is 13.2. The Bertz CT molecular complexity index is 546. The minimum atomic E-state index is -0.0751. The van der Waals surface area contributed by atoms with Crippen molar-refractivity contribution < 1.29 is 9.59 Å². The first kappa shape index (κ1) is 16.3. The van der Waals surface area contributed by atoms with Gasteiger partial charge in [-0.25, -0.2) is 0 Å². The van der Waals surface area contributed by atoms with Gasteiger partial charge >= 0.3 is 0 Å². The summed E-state index contributed by atoms with van der Waals surface area (Å²) in [4.78, 5) is 28.1. The number of amides is 2. The fourth-order valence-electron chi connectivity index (χ4n) is 3.10. The Labute approximate surface area is 141 Å². The van der Waals surface area contributed by atoms with Crippen molar-refractivity contribution >= 4 is 23.6 Å². The topological polar surface area (TPSA) is 52.7 Å². The van der Waals surface area contributed by atoms with E-state index in [0.717, 1.165) is 25.2 Å². The molecule has 2 heterocycles. The van der Waals surface area contributed by atoms with Crippen LogP contribution < -0.4 is 5.32 Å². The molecule has 1 N–H and O–H groups in total. The van der Waals surface area contributed by atoms with Gasteiger partial charge in [0.15, 0.2) is 0 Å². The zero-order valence-corrected chi connectivity index (χ0v) is 14.1. The molecule has 23 heavy (non-hydrogen) atoms. The number of nitrogens with zero attached hydrogens (tertiary/aromatic N) is 2. The Kier molecular flexibility index (Phi) is 5.56. The molecule has 2 aliphatic rings. The highest BCUT2D eigenvalue weighted by molar-refractivity contribution is 8.00. The van der Waals surface area contributed by atoms with E-state index in [1.54, 1.807) is 16.7 Å². The van der Waals surface area contributed by atoms with E-state index in [-0.39, 0.29) is 24.4 Å². The van der Waals surface area contributed by atoms with Gasteiger partial charge in [0.2, 0.25) is 11.8 Å². The first-order valence-electron chi connectivity index (χ1n) is 8.14. The molecule has 5 nitrogen and oxygen atoms in total. The molecule has 3 rings (SSSR count). The Hall–Kier alpha value is -1.53. The maximum Gasteiger partial charge on any atom is 0.240 e. The maximum atomic E-state index is 12.4. The van der Waals surface area contributed by atoms with E-state index in [1.165, 1.54) is 12.8 Å². The molecule has 0 spiro atoms. The molecule has 2 aliphatic heterocycles. The predicted molar refractivity (Wildman–Crippen MR) is 92.0 cm³/mol. The SMILES string of the molecule is O=C(CN1CSCC1=O)NC(CN1CCCC1)c1ccccc1. The number of carbonyl (C=O) groups excluding carboxylic acids is 2. The van der Waals surface area contributed by atoms with E-state index >= 15 is 0 Å². The lowest BCUT2D eigenvalue weighted by atomic mass is 10.1. The highest BCUT2D eigenvalue weighted by atomic mass is 32.2. The van der Waals surface area contributed by atoms with Gasteiger partial charge in [0.1, 0.15) is 6.54 Å². The third kappa shape index (κ3) is 4.48. The molecule has 0 radical (unpaired) electrons. The second-order valence-corrected chi connectivity index (χ2v) is 7.06. The first-order valence-corrected chi connectivity index (χ1v) is 9.30. The molecule has 0 aromatic heterocycles. The molecular weight excluding hydrogens is 310 g/mol. The lowest BCUT2D eigenvalue weighted by Crippen LogP contribution is -2.42. The molecule has 124 valence electrons. The lowest BCUT2D eigenvalue weighted by Gasteiger charge is -2.26. The van der Waals surface area contributed by atoms with E-state index < -0.39 is 0 Å². The molecule has 2 amide bonds. The van der Waals surface area contributed by atoms with Gasteiger partial charge in [-0.2, -0.15) is 0 Å². The number of hydrogen-bond acceptors (Lipinski definition) is 4. The van der Waals surface area contributed by atoms with E-state index in [0.29, 0.717) is 11.6 Å². The van der Waals surface area contributed by atoms with Crippen LogP contribution in [0.2, 0.25) is 0 Å². The Morgan fingerprint density at radius 1 is 1.22 bits per heavy atom. The zero-order chi connectivity index (χ0) is 16.1. The van der Waals surface area contributed by atoms with Gasteiger partial charge in [0.05, 0.1) is 17.7 Å². The minimum Gasteiger partial charge on any atom is -0.346 e. The van der Waals surface area contributed by atoms with Crippen molar-refractivity contribution in [1.29, 1.82) is 0 Å². The molecule has 1 aromatic carbocycles. The average Bonchev–Trinajstić information content (AvgIpc) is 3.20. The van der Waals surface area contributed by atoms with Crippen LogP contribution >= 0.6 is 11.8 Å². The van der Waals surface area contributed by atoms with Crippen molar-refractivity contribution in [2.45, 2.75) is 18.9 Å². The van der Waals surface area contributed by atoms with Gasteiger partial charge in [-0.3, -0.25) is 9.59 Å². The van der Waals surface area contributed by atoms with Crippen LogP contribution in [-0.2, 0) is 9.59 Å². The predicted octanol–water partition coefficient (Wildman–Crippen LogP) is 1.47. The molecule has 1 atom stereocenters. The number of thioether (sulfide) groups is 1. The Morgan fingerprint density at radius 2 is 1.96 bits per heavy atom. The van der Waals surface area contributed by atoms with Gasteiger partial charge in [0, 0.05) is 6.54 Å². The largest absolute Gasteiger partial charge is 0.346 e. The smallest absolute Gasteiger partial charge is 0.240 e. The highest BCUT2D eigenvalue weighted by Gasteiger charge is 2.25. The molecule has 2 fully saturated rings. The van der Waals surface area contributed by atoms with Gasteiger partial charge in [0.25, 0.3) is 0 Å². The van der Waals surface area contributed by atoms with Gasteiger partial charge in [-0.1, -0.05) is 30.3 Å². The molecule has 6 heteroatoms. The summed E-state index contributed by atoms with van der Waals surface area (Å²) in [7, 11) is 0. The molecule has 2 saturated heterocycles. The molecular formula is C17H23N3O2S. The van der Waals surface area contributed by atoms with Crippen LogP contribution in [0, 0.1) is 0 Å². The summed E-state index contributed by atoms with van der Waals surface area (Å²) in [5.74, 6) is 1.09. The van der Waals surface area contributed by atoms with Crippen LogP contribution in [0.4, 0.5) is 0 Å². The number of nitrogens with one attached hydrogen (secondary N) is 1. The minimum absolute atomic E-state index is 0.0211. The van der Waals surface area contributed by atoms with Crippen molar-refractivity contribution in [1.82, 2.24) is 15.1 Å². The monoisotopic (exact) mass is 333 g/mol. The fourth-order valence-corrected chi connectivity index (χ4v) is 4.00. The van der Waals surface area contributed by atoms with Crippen LogP contribution in [0.25, 0.3) is 0 Å². The molecule has 0 aliphatic carbocycles. The van der Waals surface area contributed by atoms with E-state index in [9.17, 15) is 9.59 Å². The second kappa shape index (κ2) is 7.84. The summed E-state index contributed by atoms with van der Waals surface area (Å²) in [5, 5.41) is 3.12. The van der Waals surface area contributed by atoms with Gasteiger partial charge in [-0.05, 0) is 31.5 Å². The number of benzene rings is 1. The fraction of sp³-hybridized carbons (Fsp3) is 0.529. The molecule has 0 bridgehead atoms. The van der Waals surface area contributed by atoms with Crippen LogP contribution in [0.1, 0.15) is 24.4 Å². The van der Waals surface area contributed by atoms with Crippen LogP contribution in [0.5, 0.6) is 0 Å². The van der Waals surface area contributed by atoms with Crippen molar-refractivity contribution in [2.75, 3.05) is 37.8 Å². The summed E-state index contributed by atoms with van der Waals surface area (Å²) >= 11 is 1.56. The Balaban J connectivity index is 1.62.